The van der Waals surface area contributed by atoms with E-state index in [9.17, 15) is 9.59 Å². The van der Waals surface area contributed by atoms with Gasteiger partial charge < -0.3 is 16.0 Å². The summed E-state index contributed by atoms with van der Waals surface area (Å²) in [7, 11) is 0. The van der Waals surface area contributed by atoms with Gasteiger partial charge in [0.05, 0.1) is 5.69 Å². The maximum atomic E-state index is 13.2. The number of aromatic nitrogens is 1. The van der Waals surface area contributed by atoms with Crippen LogP contribution in [-0.4, -0.2) is 40.3 Å². The summed E-state index contributed by atoms with van der Waals surface area (Å²) >= 11 is 0. The summed E-state index contributed by atoms with van der Waals surface area (Å²) in [5.74, 6) is 1.80. The summed E-state index contributed by atoms with van der Waals surface area (Å²) in [6.07, 6.45) is 9.34. The summed E-state index contributed by atoms with van der Waals surface area (Å²) < 4.78 is 0. The lowest BCUT2D eigenvalue weighted by atomic mass is 9.85. The van der Waals surface area contributed by atoms with E-state index in [1.807, 2.05) is 33.8 Å². The number of nitrogens with one attached hydrogen (secondary N) is 1. The van der Waals surface area contributed by atoms with Gasteiger partial charge in [-0.1, -0.05) is 20.8 Å². The first-order valence-electron chi connectivity index (χ1n) is 8.37. The quantitative estimate of drug-likeness (QED) is 0.813. The summed E-state index contributed by atoms with van der Waals surface area (Å²) in [5, 5.41) is 3.27. The average molecular weight is 342 g/mol. The molecule has 1 saturated heterocycles. The molecule has 1 aromatic rings. The number of primary amides is 1. The molecule has 0 aliphatic carbocycles. The van der Waals surface area contributed by atoms with E-state index in [4.69, 9.17) is 12.2 Å². The molecule has 0 bridgehead atoms. The molecule has 1 aliphatic heterocycles. The molecule has 2 heterocycles. The Hall–Kier alpha value is -2.55. The van der Waals surface area contributed by atoms with Crippen molar-refractivity contribution in [3.8, 4) is 12.3 Å². The second-order valence-electron chi connectivity index (χ2n) is 7.70. The number of aryl methyl sites for hydroxylation is 1. The number of nitrogens with two attached hydrogens (primary N) is 1. The minimum atomic E-state index is -0.657. The molecule has 1 aromatic heterocycles. The van der Waals surface area contributed by atoms with Gasteiger partial charge in [-0.15, -0.1) is 12.3 Å². The molecule has 2 unspecified atom stereocenters. The highest BCUT2D eigenvalue weighted by Crippen LogP contribution is 2.30. The number of pyridine rings is 1. The first kappa shape index (κ1) is 18.8. The smallest absolute Gasteiger partial charge is 0.246 e. The lowest BCUT2D eigenvalue weighted by Gasteiger charge is -2.35. The van der Waals surface area contributed by atoms with Gasteiger partial charge in [0.2, 0.25) is 11.8 Å². The van der Waals surface area contributed by atoms with Crippen LogP contribution >= 0.6 is 0 Å². The van der Waals surface area contributed by atoms with Gasteiger partial charge in [-0.05, 0) is 30.4 Å². The second kappa shape index (κ2) is 7.14. The van der Waals surface area contributed by atoms with Crippen LogP contribution in [0.3, 0.4) is 0 Å². The van der Waals surface area contributed by atoms with Crippen LogP contribution in [0.1, 0.15) is 32.8 Å². The number of carbonyl (C=O) groups is 2. The van der Waals surface area contributed by atoms with Crippen LogP contribution in [0.2, 0.25) is 0 Å². The maximum Gasteiger partial charge on any atom is 0.246 e. The van der Waals surface area contributed by atoms with E-state index in [0.29, 0.717) is 13.0 Å². The number of likely N-dealkylation sites (tertiary alicyclic amines) is 1. The van der Waals surface area contributed by atoms with Gasteiger partial charge in [0, 0.05) is 24.9 Å². The summed E-state index contributed by atoms with van der Waals surface area (Å²) in [5.41, 5.74) is 6.87. The predicted molar refractivity (Wildman–Crippen MR) is 97.5 cm³/mol. The van der Waals surface area contributed by atoms with Crippen LogP contribution in [-0.2, 0) is 9.59 Å². The third kappa shape index (κ3) is 4.30. The van der Waals surface area contributed by atoms with Crippen LogP contribution in [0.5, 0.6) is 0 Å². The molecule has 0 spiro atoms. The predicted octanol–water partition coefficient (Wildman–Crippen LogP) is 1.55. The molecule has 0 radical (unpaired) electrons. The van der Waals surface area contributed by atoms with Crippen molar-refractivity contribution < 1.29 is 9.59 Å². The third-order valence-corrected chi connectivity index (χ3v) is 4.45. The number of nitrogens with zero attached hydrogens (tertiary/aromatic N) is 2. The van der Waals surface area contributed by atoms with Crippen LogP contribution in [0, 0.1) is 30.6 Å². The molecule has 134 valence electrons. The standard InChI is InChI=1S/C19H26N4O2/c1-6-13-8-15(17(20)24)23(11-13)18(25)16(19(3,4)5)22-14-7-12(2)9-21-10-14/h1,7,9-10,13,15-16,22H,8,11H2,2-5H3,(H2,20,24)/t13?,15-,16?/m0/s1. The second-order valence-corrected chi connectivity index (χ2v) is 7.70. The number of anilines is 1. The van der Waals surface area contributed by atoms with Crippen molar-refractivity contribution in [1.82, 2.24) is 9.88 Å². The van der Waals surface area contributed by atoms with Crippen LogP contribution < -0.4 is 11.1 Å². The molecule has 0 saturated carbocycles. The number of hydrogen-bond donors (Lipinski definition) is 2. The van der Waals surface area contributed by atoms with Crippen molar-refractivity contribution in [2.75, 3.05) is 11.9 Å². The number of amides is 2. The first-order chi connectivity index (χ1) is 11.6. The Bertz CT molecular complexity index is 702. The van der Waals surface area contributed by atoms with Gasteiger partial charge in [-0.2, -0.15) is 0 Å². The molecule has 2 rings (SSSR count). The number of hydrogen-bond acceptors (Lipinski definition) is 4. The number of carbonyl (C=O) groups excluding carboxylic acids is 2. The van der Waals surface area contributed by atoms with Crippen LogP contribution in [0.4, 0.5) is 5.69 Å². The Morgan fingerprint density at radius 3 is 2.64 bits per heavy atom. The fraction of sp³-hybridized carbons (Fsp3) is 0.526. The van der Waals surface area contributed by atoms with Gasteiger partial charge >= 0.3 is 0 Å². The first-order valence-corrected chi connectivity index (χ1v) is 8.37. The fourth-order valence-corrected chi connectivity index (χ4v) is 3.09. The van der Waals surface area contributed by atoms with Crippen molar-refractivity contribution in [2.24, 2.45) is 17.1 Å². The van der Waals surface area contributed by atoms with Crippen LogP contribution in [0.25, 0.3) is 0 Å². The molecule has 25 heavy (non-hydrogen) atoms. The van der Waals surface area contributed by atoms with E-state index in [0.717, 1.165) is 11.3 Å². The molecule has 3 N–H and O–H groups in total. The fourth-order valence-electron chi connectivity index (χ4n) is 3.09. The van der Waals surface area contributed by atoms with Gasteiger partial charge in [0.15, 0.2) is 0 Å². The molecule has 3 atom stereocenters. The Balaban J connectivity index is 2.29. The summed E-state index contributed by atoms with van der Waals surface area (Å²) in [6, 6.07) is 0.740. The summed E-state index contributed by atoms with van der Waals surface area (Å²) in [4.78, 5) is 30.7. The zero-order chi connectivity index (χ0) is 18.8. The molecule has 0 aromatic carbocycles. The minimum Gasteiger partial charge on any atom is -0.372 e. The Kier molecular flexibility index (Phi) is 5.36. The number of rotatable bonds is 4. The van der Waals surface area contributed by atoms with Gasteiger partial charge in [-0.3, -0.25) is 14.6 Å². The number of terminal acetylenes is 1. The van der Waals surface area contributed by atoms with E-state index in [1.165, 1.54) is 4.90 Å². The maximum absolute atomic E-state index is 13.2. The Morgan fingerprint density at radius 2 is 2.12 bits per heavy atom. The van der Waals surface area contributed by atoms with Gasteiger partial charge in [0.1, 0.15) is 12.1 Å². The lowest BCUT2D eigenvalue weighted by Crippen LogP contribution is -2.53. The average Bonchev–Trinajstić information content (AvgIpc) is 2.95. The normalized spacial score (nSPS) is 21.5. The van der Waals surface area contributed by atoms with E-state index >= 15 is 0 Å². The molecular weight excluding hydrogens is 316 g/mol. The third-order valence-electron chi connectivity index (χ3n) is 4.45. The molecule has 1 fully saturated rings. The Labute approximate surface area is 149 Å². The molecule has 2 amide bonds. The highest BCUT2D eigenvalue weighted by molar-refractivity contribution is 5.91. The van der Waals surface area contributed by atoms with Crippen molar-refractivity contribution in [3.63, 3.8) is 0 Å². The van der Waals surface area contributed by atoms with Crippen LogP contribution in [0.15, 0.2) is 18.5 Å². The minimum absolute atomic E-state index is 0.150. The molecule has 6 heteroatoms. The zero-order valence-electron chi connectivity index (χ0n) is 15.2. The van der Waals surface area contributed by atoms with Crippen molar-refractivity contribution in [2.45, 2.75) is 46.2 Å². The zero-order valence-corrected chi connectivity index (χ0v) is 15.2. The summed E-state index contributed by atoms with van der Waals surface area (Å²) in [6.45, 7) is 8.20. The van der Waals surface area contributed by atoms with Gasteiger partial charge in [-0.25, -0.2) is 0 Å². The van der Waals surface area contributed by atoms with E-state index in [1.54, 1.807) is 12.4 Å². The van der Waals surface area contributed by atoms with Crippen molar-refractivity contribution in [3.05, 3.63) is 24.0 Å². The highest BCUT2D eigenvalue weighted by atomic mass is 16.2. The van der Waals surface area contributed by atoms with Crippen molar-refractivity contribution >= 4 is 17.5 Å². The monoisotopic (exact) mass is 342 g/mol. The SMILES string of the molecule is C#CC1C[C@@H](C(N)=O)N(C(=O)C(Nc2cncc(C)c2)C(C)(C)C)C1. The lowest BCUT2D eigenvalue weighted by molar-refractivity contribution is -0.139. The van der Waals surface area contributed by atoms with E-state index < -0.39 is 18.0 Å². The van der Waals surface area contributed by atoms with Crippen molar-refractivity contribution in [1.29, 1.82) is 0 Å². The highest BCUT2D eigenvalue weighted by Gasteiger charge is 2.43. The topological polar surface area (TPSA) is 88.3 Å². The molecule has 6 nitrogen and oxygen atoms in total. The Morgan fingerprint density at radius 1 is 1.44 bits per heavy atom. The molecular formula is C19H26N4O2. The largest absolute Gasteiger partial charge is 0.372 e. The van der Waals surface area contributed by atoms with Gasteiger partial charge in [0.25, 0.3) is 0 Å². The van der Waals surface area contributed by atoms with E-state index in [-0.39, 0.29) is 17.2 Å². The van der Waals surface area contributed by atoms with E-state index in [2.05, 4.69) is 16.2 Å². The molecule has 1 aliphatic rings.